The van der Waals surface area contributed by atoms with Gasteiger partial charge in [0.1, 0.15) is 17.3 Å². The van der Waals surface area contributed by atoms with Gasteiger partial charge < -0.3 is 56.3 Å². The molecule has 5 aromatic carbocycles. The molecule has 13 bridgehead atoms. The minimum Gasteiger partial charge on any atom is -0.508 e. The van der Waals surface area contributed by atoms with Gasteiger partial charge in [0.25, 0.3) is 0 Å². The van der Waals surface area contributed by atoms with Crippen molar-refractivity contribution < 1.29 is 45.0 Å². The number of aliphatic hydroxyl groups excluding tert-OH is 3. The van der Waals surface area contributed by atoms with Crippen molar-refractivity contribution >= 4 is 28.0 Å². The molecule has 1 aromatic heterocycles. The molecule has 94 heavy (non-hydrogen) atoms. The van der Waals surface area contributed by atoms with Crippen LogP contribution in [-0.2, 0) is 35.3 Å². The van der Waals surface area contributed by atoms with Gasteiger partial charge in [-0.3, -0.25) is 9.59 Å². The number of benzene rings is 5. The SMILES string of the molecule is COc1cc2c(cc1O)[C@H]1C#C[C@@H]3C[C@@H]4C[C@@H](C[C@@H]3C(=O)[C@H](O)C(=O)CC2)[C@@H](CCC2CCCC2)[C@H](O)Cc2cc(c[nH]2)[C@H](C)CNC[C@@H](O)Cc2ccc3ccc(cc3c2O)NC2=CC(=CCN2)[C@H]4CC#C[C@@H]2C[C@@H](C[C@H](C)[C@@H]2Cc2cccc(O)c2)c2ccccc21. The Hall–Kier alpha value is -7.78. The fourth-order valence-corrected chi connectivity index (χ4v) is 17.8. The number of anilines is 1. The van der Waals surface area contributed by atoms with Crippen LogP contribution >= 0.6 is 0 Å². The zero-order valence-electron chi connectivity index (χ0n) is 54.8. The van der Waals surface area contributed by atoms with Crippen LogP contribution in [0.15, 0.2) is 127 Å². The topological polar surface area (TPSA) is 217 Å². The van der Waals surface area contributed by atoms with Crippen LogP contribution in [0.2, 0.25) is 0 Å². The number of ketones is 2. The lowest BCUT2D eigenvalue weighted by atomic mass is 9.64. The van der Waals surface area contributed by atoms with E-state index in [1.54, 1.807) is 18.2 Å². The predicted molar refractivity (Wildman–Crippen MR) is 368 cm³/mol. The Morgan fingerprint density at radius 2 is 1.54 bits per heavy atom. The van der Waals surface area contributed by atoms with Crippen molar-refractivity contribution in [3.63, 3.8) is 0 Å². The number of aromatic nitrogens is 1. The van der Waals surface area contributed by atoms with Crippen molar-refractivity contribution in [2.24, 2.45) is 59.2 Å². The minimum absolute atomic E-state index is 0.0394. The van der Waals surface area contributed by atoms with Gasteiger partial charge in [-0.25, -0.2) is 0 Å². The molecule has 7 aliphatic rings. The van der Waals surface area contributed by atoms with E-state index in [0.29, 0.717) is 68.6 Å². The first-order valence-electron chi connectivity index (χ1n) is 35.0. The lowest BCUT2D eigenvalue weighted by Crippen LogP contribution is -2.40. The smallest absolute Gasteiger partial charge is 0.173 e. The standard InChI is InChI=1S/C81H94N4O9/c1-47-30-57-33-52(70(47)32-50-12-8-14-63(86)31-50)13-9-17-65-55-28-29-83-78(40-55)85-61-24-21-51-19-20-56(79(91)73(51)41-61)37-64(87)46-82-44-48(2)60-36-62(84-45-60)42-75(89)67(25-18-49-10-4-5-11-49)59-35-58(65)34-53-22-26-69(68-16-7-6-15-66(57)68)71-43-76(90)77(94-3)39-54(71)23-27-74(88)81(93)80(92)72(53)38-59/h6-8,12,14-16,19-21,24,28,31,36,39-41,43,45,47-49,52-53,57-59,64-65,67,69-70,72,75,81-87,89-91,93H,4-5,10-11,17-18,23,25,27,29-30,32-35,37-38,42,44,46H2,1-3H3/t47-,48+,52+,53+,57+,58+,59-,64-,65+,67+,69-,70-,72-,75+,81+/m0/s1. The molecule has 0 spiro atoms. The number of rotatable bonds is 6. The van der Waals surface area contributed by atoms with Gasteiger partial charge in [0.05, 0.1) is 25.2 Å². The first kappa shape index (κ1) is 64.9. The third kappa shape index (κ3) is 14.3. The number of dihydropyridines is 1. The van der Waals surface area contributed by atoms with E-state index < -0.39 is 47.6 Å². The number of methoxy groups -OCH3 is 1. The Balaban J connectivity index is 1.01. The molecule has 5 aliphatic carbocycles. The molecule has 492 valence electrons. The highest BCUT2D eigenvalue weighted by Gasteiger charge is 2.46. The number of H-pyrrole nitrogens is 1. The third-order valence-corrected chi connectivity index (χ3v) is 23.0. The van der Waals surface area contributed by atoms with E-state index >= 15 is 4.79 Å². The largest absolute Gasteiger partial charge is 0.508 e. The second-order valence-corrected chi connectivity index (χ2v) is 29.0. The summed E-state index contributed by atoms with van der Waals surface area (Å²) in [6.07, 6.45) is 14.4. The van der Waals surface area contributed by atoms with Crippen LogP contribution in [0.5, 0.6) is 23.0 Å². The van der Waals surface area contributed by atoms with Crippen LogP contribution < -0.4 is 20.7 Å². The minimum atomic E-state index is -1.89. The van der Waals surface area contributed by atoms with Crippen molar-refractivity contribution in [3.05, 3.63) is 171 Å². The number of carbonyl (C=O) groups excluding carboxylic acids is 2. The number of aromatic hydroxyl groups is 3. The number of Topliss-reactive ketones (excluding diaryl/α,β-unsaturated/α-hetero) is 2. The summed E-state index contributed by atoms with van der Waals surface area (Å²) in [5, 5.41) is 83.9. The van der Waals surface area contributed by atoms with E-state index in [4.69, 9.17) is 4.74 Å². The Morgan fingerprint density at radius 3 is 2.37 bits per heavy atom. The summed E-state index contributed by atoms with van der Waals surface area (Å²) in [5.74, 6) is 14.1. The maximum Gasteiger partial charge on any atom is 0.173 e. The van der Waals surface area contributed by atoms with Gasteiger partial charge in [0, 0.05) is 86.0 Å². The lowest BCUT2D eigenvalue weighted by molar-refractivity contribution is -0.142. The maximum atomic E-state index is 15.8. The normalized spacial score (nSPS) is 30.1. The number of fused-ring (bicyclic) bond motifs is 15. The maximum absolute atomic E-state index is 15.8. The first-order chi connectivity index (χ1) is 45.6. The lowest BCUT2D eigenvalue weighted by Gasteiger charge is -2.40. The van der Waals surface area contributed by atoms with Gasteiger partial charge in [-0.2, -0.15) is 0 Å². The molecule has 3 heterocycles. The van der Waals surface area contributed by atoms with Crippen LogP contribution in [0.1, 0.15) is 160 Å². The summed E-state index contributed by atoms with van der Waals surface area (Å²) in [6, 6.07) is 31.7. The van der Waals surface area contributed by atoms with Gasteiger partial charge in [0.2, 0.25) is 0 Å². The van der Waals surface area contributed by atoms with Crippen molar-refractivity contribution in [2.75, 3.05) is 32.1 Å². The summed E-state index contributed by atoms with van der Waals surface area (Å²) >= 11 is 0. The van der Waals surface area contributed by atoms with Crippen LogP contribution in [0, 0.1) is 82.9 Å². The molecule has 0 unspecified atom stereocenters. The Labute approximate surface area is 554 Å². The second kappa shape index (κ2) is 28.7. The summed E-state index contributed by atoms with van der Waals surface area (Å²) in [7, 11) is 1.51. The van der Waals surface area contributed by atoms with Crippen molar-refractivity contribution in [2.45, 2.75) is 159 Å². The molecule has 3 fully saturated rings. The van der Waals surface area contributed by atoms with Crippen LogP contribution in [0.3, 0.4) is 0 Å². The fraction of sp³-hybridized carbons (Fsp3) is 0.481. The monoisotopic (exact) mass is 1270 g/mol. The average molecular weight is 1270 g/mol. The van der Waals surface area contributed by atoms with Crippen LogP contribution in [0.4, 0.5) is 5.69 Å². The highest BCUT2D eigenvalue weighted by molar-refractivity contribution is 6.06. The average Bonchev–Trinajstić information content (AvgIpc) is 1.18. The van der Waals surface area contributed by atoms with Gasteiger partial charge >= 0.3 is 0 Å². The van der Waals surface area contributed by atoms with Crippen LogP contribution in [0.25, 0.3) is 10.8 Å². The van der Waals surface area contributed by atoms with Crippen molar-refractivity contribution in [1.82, 2.24) is 15.6 Å². The molecular weight excluding hydrogens is 1170 g/mol. The molecule has 6 aromatic rings. The number of aliphatic hydroxyl groups is 3. The number of aryl methyl sites for hydroxylation is 1. The number of carbonyl (C=O) groups is 2. The molecule has 13 rings (SSSR count). The molecule has 13 heteroatoms. The predicted octanol–water partition coefficient (Wildman–Crippen LogP) is 12.8. The number of phenolic OH excluding ortho intramolecular Hbond substituents is 3. The summed E-state index contributed by atoms with van der Waals surface area (Å²) < 4.78 is 5.74. The molecule has 2 aliphatic heterocycles. The van der Waals surface area contributed by atoms with Gasteiger partial charge in [-0.05, 0) is 203 Å². The zero-order valence-corrected chi connectivity index (χ0v) is 54.8. The molecule has 0 amide bonds. The third-order valence-electron chi connectivity index (χ3n) is 23.0. The molecular formula is C81H94N4O9. The number of ether oxygens (including phenoxy) is 1. The summed E-state index contributed by atoms with van der Waals surface area (Å²) in [6.45, 7) is 5.93. The summed E-state index contributed by atoms with van der Waals surface area (Å²) in [4.78, 5) is 34.1. The number of β-amino-alcohol motifs (C(OH)–C–C–N with tert-alkyl or cyclic N) is 1. The Morgan fingerprint density at radius 1 is 0.713 bits per heavy atom. The highest BCUT2D eigenvalue weighted by Crippen LogP contribution is 2.51. The molecule has 15 atom stereocenters. The summed E-state index contributed by atoms with van der Waals surface area (Å²) in [5.41, 5.74) is 9.20. The van der Waals surface area contributed by atoms with Gasteiger partial charge in [0.15, 0.2) is 29.2 Å². The number of allylic oxidation sites excluding steroid dienone is 2. The molecule has 10 N–H and O–H groups in total. The zero-order chi connectivity index (χ0) is 65.1. The quantitative estimate of drug-likeness (QED) is 0.0557. The number of hydrogen-bond acceptors (Lipinski definition) is 12. The van der Waals surface area contributed by atoms with E-state index in [2.05, 4.69) is 107 Å². The Bertz CT molecular complexity index is 3950. The molecule has 3 saturated carbocycles. The first-order valence-corrected chi connectivity index (χ1v) is 35.0. The number of hydrogen-bond donors (Lipinski definition) is 10. The van der Waals surface area contributed by atoms with Crippen molar-refractivity contribution in [3.8, 4) is 46.7 Å². The van der Waals surface area contributed by atoms with E-state index in [9.17, 15) is 35.4 Å². The van der Waals surface area contributed by atoms with E-state index in [1.165, 1.54) is 20.0 Å². The van der Waals surface area contributed by atoms with Crippen molar-refractivity contribution in [1.29, 1.82) is 0 Å². The second-order valence-electron chi connectivity index (χ2n) is 29.0. The fourth-order valence-electron chi connectivity index (χ4n) is 17.8. The van der Waals surface area contributed by atoms with E-state index in [0.717, 1.165) is 106 Å². The van der Waals surface area contributed by atoms with E-state index in [1.807, 2.05) is 48.7 Å². The molecule has 0 saturated heterocycles. The highest BCUT2D eigenvalue weighted by atomic mass is 16.5. The number of aromatic amines is 1. The van der Waals surface area contributed by atoms with Gasteiger partial charge in [-0.15, -0.1) is 5.92 Å². The molecule has 0 radical (unpaired) electrons. The van der Waals surface area contributed by atoms with Crippen LogP contribution in [-0.4, -0.2) is 92.2 Å². The number of nitrogens with one attached hydrogen (secondary N) is 4. The number of phenols is 3. The van der Waals surface area contributed by atoms with Gasteiger partial charge in [-0.1, -0.05) is 124 Å². The molecule has 13 nitrogen and oxygen atoms in total. The van der Waals surface area contributed by atoms with E-state index in [-0.39, 0.29) is 95.5 Å². The Kier molecular flexibility index (Phi) is 19.8.